The van der Waals surface area contributed by atoms with Crippen molar-refractivity contribution in [1.29, 1.82) is 0 Å². The highest BCUT2D eigenvalue weighted by Crippen LogP contribution is 2.39. The Morgan fingerprint density at radius 1 is 1.39 bits per heavy atom. The Labute approximate surface area is 137 Å². The number of rotatable bonds is 3. The van der Waals surface area contributed by atoms with E-state index in [1.807, 2.05) is 24.3 Å². The van der Waals surface area contributed by atoms with Crippen LogP contribution in [0.3, 0.4) is 0 Å². The van der Waals surface area contributed by atoms with Crippen molar-refractivity contribution in [2.45, 2.75) is 19.8 Å². The molecule has 122 valence electrons. The number of hydrogen-bond donors (Lipinski definition) is 1. The van der Waals surface area contributed by atoms with Crippen LogP contribution < -0.4 is 10.1 Å². The lowest BCUT2D eigenvalue weighted by Gasteiger charge is -2.31. The van der Waals surface area contributed by atoms with Crippen LogP contribution in [-0.2, 0) is 4.79 Å². The molecule has 0 saturated carbocycles. The Kier molecular flexibility index (Phi) is 4.53. The largest absolute Gasteiger partial charge is 0.495 e. The summed E-state index contributed by atoms with van der Waals surface area (Å²) >= 11 is 0. The molecule has 4 heteroatoms. The number of carbonyl (C=O) groups excluding carboxylic acids is 1. The summed E-state index contributed by atoms with van der Waals surface area (Å²) in [5.41, 5.74) is 3.87. The molecule has 2 aliphatic heterocycles. The molecule has 1 saturated heterocycles. The van der Waals surface area contributed by atoms with E-state index >= 15 is 0 Å². The van der Waals surface area contributed by atoms with Gasteiger partial charge < -0.3 is 15.0 Å². The van der Waals surface area contributed by atoms with E-state index in [0.29, 0.717) is 11.7 Å². The maximum absolute atomic E-state index is 12.3. The number of piperidine rings is 1. The van der Waals surface area contributed by atoms with Crippen LogP contribution in [0.1, 0.15) is 25.3 Å². The van der Waals surface area contributed by atoms with Gasteiger partial charge in [-0.25, -0.2) is 0 Å². The van der Waals surface area contributed by atoms with E-state index in [1.54, 1.807) is 7.11 Å². The van der Waals surface area contributed by atoms with Gasteiger partial charge in [0.1, 0.15) is 5.75 Å². The molecule has 1 N–H and O–H groups in total. The monoisotopic (exact) mass is 312 g/mol. The van der Waals surface area contributed by atoms with Crippen LogP contribution in [0.2, 0.25) is 0 Å². The molecule has 1 atom stereocenters. The number of nitrogens with one attached hydrogen (secondary N) is 1. The van der Waals surface area contributed by atoms with Crippen LogP contribution in [0.25, 0.3) is 5.57 Å². The number of anilines is 1. The minimum atomic E-state index is -0.0534. The number of allylic oxidation sites excluding steroid dienone is 2. The zero-order chi connectivity index (χ0) is 16.4. The minimum absolute atomic E-state index is 0.0534. The molecule has 3 rings (SSSR count). The first-order valence-corrected chi connectivity index (χ1v) is 8.22. The molecule has 2 aliphatic rings. The number of carbonyl (C=O) groups is 1. The van der Waals surface area contributed by atoms with Gasteiger partial charge in [-0.2, -0.15) is 0 Å². The Bertz CT molecular complexity index is 676. The summed E-state index contributed by atoms with van der Waals surface area (Å²) in [7, 11) is 3.79. The Morgan fingerprint density at radius 2 is 2.22 bits per heavy atom. The number of ether oxygens (including phenoxy) is 1. The van der Waals surface area contributed by atoms with Gasteiger partial charge in [0.05, 0.1) is 12.8 Å². The van der Waals surface area contributed by atoms with Crippen LogP contribution in [0.15, 0.2) is 35.9 Å². The van der Waals surface area contributed by atoms with E-state index in [1.165, 1.54) is 5.57 Å². The van der Waals surface area contributed by atoms with Crippen LogP contribution in [0.5, 0.6) is 5.75 Å². The second-order valence-electron chi connectivity index (χ2n) is 6.28. The number of benzene rings is 1. The van der Waals surface area contributed by atoms with Crippen molar-refractivity contribution in [1.82, 2.24) is 4.90 Å². The third kappa shape index (κ3) is 3.04. The molecule has 1 amide bonds. The van der Waals surface area contributed by atoms with Gasteiger partial charge in [0, 0.05) is 24.2 Å². The second kappa shape index (κ2) is 6.59. The fourth-order valence-corrected chi connectivity index (χ4v) is 3.43. The quantitative estimate of drug-likeness (QED) is 0.871. The topological polar surface area (TPSA) is 41.6 Å². The summed E-state index contributed by atoms with van der Waals surface area (Å²) in [5.74, 6) is 1.24. The molecule has 0 radical (unpaired) electrons. The van der Waals surface area contributed by atoms with Crippen LogP contribution in [-0.4, -0.2) is 38.1 Å². The molecule has 2 heterocycles. The molecule has 0 aliphatic carbocycles. The maximum Gasteiger partial charge on any atom is 0.256 e. The normalized spacial score (nSPS) is 24.8. The molecule has 0 bridgehead atoms. The number of para-hydroxylation sites is 1. The summed E-state index contributed by atoms with van der Waals surface area (Å²) < 4.78 is 5.33. The van der Waals surface area contributed by atoms with Crippen molar-refractivity contribution >= 4 is 17.2 Å². The SMILES string of the molecule is CC[C@H]1CN(C)CC/C1=C\C=C1/C(=O)Nc2c(OC)cccc21. The molecule has 0 unspecified atom stereocenters. The van der Waals surface area contributed by atoms with Crippen LogP contribution in [0, 0.1) is 5.92 Å². The fourth-order valence-electron chi connectivity index (χ4n) is 3.43. The van der Waals surface area contributed by atoms with Crippen molar-refractivity contribution in [2.75, 3.05) is 32.6 Å². The van der Waals surface area contributed by atoms with Crippen molar-refractivity contribution in [3.05, 3.63) is 41.5 Å². The van der Waals surface area contributed by atoms with Crippen molar-refractivity contribution in [3.8, 4) is 5.75 Å². The predicted molar refractivity (Wildman–Crippen MR) is 93.6 cm³/mol. The number of fused-ring (bicyclic) bond motifs is 1. The van der Waals surface area contributed by atoms with E-state index in [9.17, 15) is 4.79 Å². The van der Waals surface area contributed by atoms with Gasteiger partial charge in [-0.1, -0.05) is 30.7 Å². The molecule has 23 heavy (non-hydrogen) atoms. The zero-order valence-corrected chi connectivity index (χ0v) is 14.1. The summed E-state index contributed by atoms with van der Waals surface area (Å²) in [4.78, 5) is 14.7. The molecular formula is C19H24N2O2. The van der Waals surface area contributed by atoms with E-state index in [2.05, 4.69) is 30.3 Å². The first kappa shape index (κ1) is 15.8. The van der Waals surface area contributed by atoms with Gasteiger partial charge in [-0.05, 0) is 37.9 Å². The van der Waals surface area contributed by atoms with Crippen molar-refractivity contribution in [3.63, 3.8) is 0 Å². The second-order valence-corrected chi connectivity index (χ2v) is 6.28. The van der Waals surface area contributed by atoms with Gasteiger partial charge in [0.25, 0.3) is 5.91 Å². The Morgan fingerprint density at radius 3 is 2.96 bits per heavy atom. The summed E-state index contributed by atoms with van der Waals surface area (Å²) in [5, 5.41) is 2.92. The highest BCUT2D eigenvalue weighted by molar-refractivity contribution is 6.32. The molecular weight excluding hydrogens is 288 g/mol. The first-order valence-electron chi connectivity index (χ1n) is 8.22. The van der Waals surface area contributed by atoms with E-state index in [-0.39, 0.29) is 5.91 Å². The average Bonchev–Trinajstić information content (AvgIpc) is 2.89. The molecule has 1 aromatic carbocycles. The smallest absolute Gasteiger partial charge is 0.256 e. The summed E-state index contributed by atoms with van der Waals surface area (Å²) in [6, 6.07) is 5.75. The third-order valence-corrected chi connectivity index (χ3v) is 4.81. The van der Waals surface area contributed by atoms with Crippen molar-refractivity contribution in [2.24, 2.45) is 5.92 Å². The van der Waals surface area contributed by atoms with Gasteiger partial charge in [0.2, 0.25) is 0 Å². The fraction of sp³-hybridized carbons (Fsp3) is 0.421. The highest BCUT2D eigenvalue weighted by atomic mass is 16.5. The lowest BCUT2D eigenvalue weighted by atomic mass is 9.89. The number of amides is 1. The maximum atomic E-state index is 12.3. The van der Waals surface area contributed by atoms with Gasteiger partial charge in [-0.3, -0.25) is 4.79 Å². The lowest BCUT2D eigenvalue weighted by molar-refractivity contribution is -0.110. The average molecular weight is 312 g/mol. The van der Waals surface area contributed by atoms with Crippen LogP contribution in [0.4, 0.5) is 5.69 Å². The zero-order valence-electron chi connectivity index (χ0n) is 14.1. The minimum Gasteiger partial charge on any atom is -0.495 e. The lowest BCUT2D eigenvalue weighted by Crippen LogP contribution is -2.33. The van der Waals surface area contributed by atoms with Gasteiger partial charge >= 0.3 is 0 Å². The highest BCUT2D eigenvalue weighted by Gasteiger charge is 2.27. The van der Waals surface area contributed by atoms with Gasteiger partial charge in [0.15, 0.2) is 0 Å². The predicted octanol–water partition coefficient (Wildman–Crippen LogP) is 3.32. The van der Waals surface area contributed by atoms with E-state index < -0.39 is 0 Å². The number of likely N-dealkylation sites (tertiary alicyclic amines) is 1. The van der Waals surface area contributed by atoms with Crippen molar-refractivity contribution < 1.29 is 9.53 Å². The van der Waals surface area contributed by atoms with Crippen LogP contribution >= 0.6 is 0 Å². The van der Waals surface area contributed by atoms with Gasteiger partial charge in [-0.15, -0.1) is 0 Å². The Hall–Kier alpha value is -2.07. The van der Waals surface area contributed by atoms with E-state index in [4.69, 9.17) is 4.74 Å². The molecule has 1 fully saturated rings. The summed E-state index contributed by atoms with van der Waals surface area (Å²) in [6.07, 6.45) is 6.34. The number of nitrogens with zero attached hydrogens (tertiary/aromatic N) is 1. The Balaban J connectivity index is 1.92. The molecule has 1 aromatic rings. The molecule has 4 nitrogen and oxygen atoms in total. The standard InChI is InChI=1S/C19H24N2O2/c1-4-13-12-21(2)11-10-14(13)8-9-16-15-6-5-7-17(23-3)18(15)20-19(16)22/h5-9,13H,4,10-12H2,1-3H3,(H,20,22)/b14-8+,16-9-/t13-/m0/s1. The third-order valence-electron chi connectivity index (χ3n) is 4.81. The molecule has 0 aromatic heterocycles. The number of hydrogen-bond acceptors (Lipinski definition) is 3. The van der Waals surface area contributed by atoms with E-state index in [0.717, 1.165) is 42.8 Å². The summed E-state index contributed by atoms with van der Waals surface area (Å²) in [6.45, 7) is 4.41. The first-order chi connectivity index (χ1) is 11.1. The number of methoxy groups -OCH3 is 1. The molecule has 0 spiro atoms.